The molecule has 0 saturated heterocycles. The van der Waals surface area contributed by atoms with E-state index in [1.54, 1.807) is 47.0 Å². The van der Waals surface area contributed by atoms with Crippen LogP contribution in [0.3, 0.4) is 0 Å². The fourth-order valence-electron chi connectivity index (χ4n) is 3.06. The predicted molar refractivity (Wildman–Crippen MR) is 116 cm³/mol. The van der Waals surface area contributed by atoms with Gasteiger partial charge in [0, 0.05) is 18.8 Å². The number of hydrogen-bond donors (Lipinski definition) is 1. The average Bonchev–Trinajstić information content (AvgIpc) is 3.21. The van der Waals surface area contributed by atoms with E-state index >= 15 is 0 Å². The number of hydrogen-bond acceptors (Lipinski definition) is 6. The molecule has 158 valence electrons. The van der Waals surface area contributed by atoms with E-state index in [2.05, 4.69) is 15.5 Å². The van der Waals surface area contributed by atoms with Crippen molar-refractivity contribution >= 4 is 33.2 Å². The van der Waals surface area contributed by atoms with Gasteiger partial charge >= 0.3 is 0 Å². The van der Waals surface area contributed by atoms with Crippen LogP contribution in [0.1, 0.15) is 10.4 Å². The van der Waals surface area contributed by atoms with Crippen LogP contribution in [0, 0.1) is 0 Å². The molecule has 9 nitrogen and oxygen atoms in total. The number of aromatic nitrogens is 3. The number of benzene rings is 2. The zero-order chi connectivity index (χ0) is 22.0. The van der Waals surface area contributed by atoms with Crippen molar-refractivity contribution in [1.82, 2.24) is 14.6 Å². The van der Waals surface area contributed by atoms with Gasteiger partial charge in [-0.05, 0) is 48.5 Å². The van der Waals surface area contributed by atoms with E-state index in [0.717, 1.165) is 4.31 Å². The molecule has 1 N–H and O–H groups in total. The number of rotatable bonds is 6. The minimum Gasteiger partial charge on any atom is -0.495 e. The van der Waals surface area contributed by atoms with Crippen LogP contribution in [0.2, 0.25) is 0 Å². The molecule has 1 amide bonds. The molecule has 0 aliphatic heterocycles. The third kappa shape index (κ3) is 3.80. The SMILES string of the molecule is COc1ccccc1N(C)S(=O)(=O)c1ccc(C(=O)Nc2nnc3ccccn23)cc1. The van der Waals surface area contributed by atoms with Crippen molar-refractivity contribution in [2.45, 2.75) is 4.90 Å². The summed E-state index contributed by atoms with van der Waals surface area (Å²) in [4.78, 5) is 12.6. The zero-order valence-corrected chi connectivity index (χ0v) is 17.6. The zero-order valence-electron chi connectivity index (χ0n) is 16.8. The molecule has 0 fully saturated rings. The standard InChI is InChI=1S/C21H19N5O4S/c1-25(17-7-3-4-8-18(17)30-2)31(28,29)16-12-10-15(11-13-16)20(27)22-21-24-23-19-9-5-6-14-26(19)21/h3-14H,1-2H3,(H,22,24,27). The number of carbonyl (C=O) groups excluding carboxylic acids is 1. The molecule has 0 saturated carbocycles. The van der Waals surface area contributed by atoms with Gasteiger partial charge in [0.05, 0.1) is 17.7 Å². The molecule has 4 aromatic rings. The average molecular weight is 437 g/mol. The first-order chi connectivity index (χ1) is 14.9. The largest absolute Gasteiger partial charge is 0.495 e. The Morgan fingerprint density at radius 2 is 1.71 bits per heavy atom. The van der Waals surface area contributed by atoms with Gasteiger partial charge in [0.25, 0.3) is 15.9 Å². The molecule has 0 bridgehead atoms. The number of anilines is 2. The number of para-hydroxylation sites is 2. The summed E-state index contributed by atoms with van der Waals surface area (Å²) >= 11 is 0. The van der Waals surface area contributed by atoms with Crippen molar-refractivity contribution in [1.29, 1.82) is 0 Å². The van der Waals surface area contributed by atoms with Crippen LogP contribution < -0.4 is 14.4 Å². The van der Waals surface area contributed by atoms with E-state index in [-0.39, 0.29) is 16.4 Å². The smallest absolute Gasteiger partial charge is 0.264 e. The molecule has 2 heterocycles. The number of amides is 1. The second kappa shape index (κ2) is 8.07. The van der Waals surface area contributed by atoms with Gasteiger partial charge in [-0.2, -0.15) is 0 Å². The van der Waals surface area contributed by atoms with Crippen LogP contribution >= 0.6 is 0 Å². The highest BCUT2D eigenvalue weighted by molar-refractivity contribution is 7.92. The summed E-state index contributed by atoms with van der Waals surface area (Å²) in [5.41, 5.74) is 1.29. The highest BCUT2D eigenvalue weighted by Gasteiger charge is 2.24. The molecule has 0 spiro atoms. The quantitative estimate of drug-likeness (QED) is 0.497. The lowest BCUT2D eigenvalue weighted by atomic mass is 10.2. The Labute approximate surface area is 179 Å². The molecule has 0 aliphatic carbocycles. The number of methoxy groups -OCH3 is 1. The van der Waals surface area contributed by atoms with Crippen molar-refractivity contribution < 1.29 is 17.9 Å². The van der Waals surface area contributed by atoms with Crippen molar-refractivity contribution in [2.24, 2.45) is 0 Å². The Morgan fingerprint density at radius 3 is 2.45 bits per heavy atom. The van der Waals surface area contributed by atoms with Gasteiger partial charge in [0.2, 0.25) is 5.95 Å². The van der Waals surface area contributed by atoms with E-state index in [9.17, 15) is 13.2 Å². The van der Waals surface area contributed by atoms with E-state index < -0.39 is 15.9 Å². The number of nitrogens with zero attached hydrogens (tertiary/aromatic N) is 4. The van der Waals surface area contributed by atoms with Crippen molar-refractivity contribution in [3.8, 4) is 5.75 Å². The van der Waals surface area contributed by atoms with Crippen LogP contribution in [-0.4, -0.2) is 43.1 Å². The van der Waals surface area contributed by atoms with Crippen LogP contribution in [0.5, 0.6) is 5.75 Å². The van der Waals surface area contributed by atoms with Gasteiger partial charge in [0.1, 0.15) is 5.75 Å². The normalized spacial score (nSPS) is 11.3. The molecule has 2 aromatic carbocycles. The number of fused-ring (bicyclic) bond motifs is 1. The van der Waals surface area contributed by atoms with Gasteiger partial charge in [-0.15, -0.1) is 10.2 Å². The molecular formula is C21H19N5O4S. The molecular weight excluding hydrogens is 418 g/mol. The summed E-state index contributed by atoms with van der Waals surface area (Å²) in [6, 6.07) is 17.9. The van der Waals surface area contributed by atoms with Crippen LogP contribution in [0.15, 0.2) is 77.8 Å². The minimum atomic E-state index is -3.85. The third-order valence-corrected chi connectivity index (χ3v) is 6.52. The number of nitrogens with one attached hydrogen (secondary N) is 1. The van der Waals surface area contributed by atoms with Crippen LogP contribution in [0.25, 0.3) is 5.65 Å². The number of pyridine rings is 1. The molecule has 0 atom stereocenters. The lowest BCUT2D eigenvalue weighted by molar-refractivity contribution is 0.102. The van der Waals surface area contributed by atoms with Gasteiger partial charge in [0.15, 0.2) is 5.65 Å². The maximum atomic E-state index is 13.0. The Morgan fingerprint density at radius 1 is 1.00 bits per heavy atom. The minimum absolute atomic E-state index is 0.0467. The predicted octanol–water partition coefficient (Wildman–Crippen LogP) is 2.82. The van der Waals surface area contributed by atoms with Gasteiger partial charge < -0.3 is 4.74 Å². The van der Waals surface area contributed by atoms with Gasteiger partial charge in [-0.3, -0.25) is 18.8 Å². The molecule has 31 heavy (non-hydrogen) atoms. The first-order valence-electron chi connectivity index (χ1n) is 9.25. The molecule has 0 unspecified atom stereocenters. The van der Waals surface area contributed by atoms with Gasteiger partial charge in [-0.25, -0.2) is 8.42 Å². The van der Waals surface area contributed by atoms with Crippen molar-refractivity contribution in [2.75, 3.05) is 23.8 Å². The van der Waals surface area contributed by atoms with Crippen LogP contribution in [-0.2, 0) is 10.0 Å². The molecule has 0 aliphatic rings. The maximum absolute atomic E-state index is 13.0. The summed E-state index contributed by atoms with van der Waals surface area (Å²) < 4.78 is 34.1. The van der Waals surface area contributed by atoms with E-state index in [1.807, 2.05) is 6.07 Å². The summed E-state index contributed by atoms with van der Waals surface area (Å²) in [7, 11) is -0.925. The second-order valence-electron chi connectivity index (χ2n) is 6.58. The lowest BCUT2D eigenvalue weighted by Crippen LogP contribution is -2.27. The van der Waals surface area contributed by atoms with Crippen molar-refractivity contribution in [3.05, 3.63) is 78.5 Å². The topological polar surface area (TPSA) is 106 Å². The molecule has 2 aromatic heterocycles. The Kier molecular flexibility index (Phi) is 5.30. The first-order valence-corrected chi connectivity index (χ1v) is 10.7. The number of carbonyl (C=O) groups is 1. The molecule has 4 rings (SSSR count). The highest BCUT2D eigenvalue weighted by Crippen LogP contribution is 2.30. The summed E-state index contributed by atoms with van der Waals surface area (Å²) in [6.07, 6.45) is 1.73. The number of sulfonamides is 1. The van der Waals surface area contributed by atoms with E-state index in [1.165, 1.54) is 38.4 Å². The van der Waals surface area contributed by atoms with Crippen molar-refractivity contribution in [3.63, 3.8) is 0 Å². The Balaban J connectivity index is 1.56. The number of ether oxygens (including phenoxy) is 1. The van der Waals surface area contributed by atoms with Crippen LogP contribution in [0.4, 0.5) is 11.6 Å². The fraction of sp³-hybridized carbons (Fsp3) is 0.0952. The van der Waals surface area contributed by atoms with E-state index in [0.29, 0.717) is 17.1 Å². The monoisotopic (exact) mass is 437 g/mol. The summed E-state index contributed by atoms with van der Waals surface area (Å²) in [6.45, 7) is 0. The molecule has 10 heteroatoms. The summed E-state index contributed by atoms with van der Waals surface area (Å²) in [5.74, 6) is 0.276. The fourth-order valence-corrected chi connectivity index (χ4v) is 4.26. The Bertz CT molecular complexity index is 1350. The first kappa shape index (κ1) is 20.4. The lowest BCUT2D eigenvalue weighted by Gasteiger charge is -2.21. The van der Waals surface area contributed by atoms with Gasteiger partial charge in [-0.1, -0.05) is 18.2 Å². The second-order valence-corrected chi connectivity index (χ2v) is 8.54. The van der Waals surface area contributed by atoms with E-state index in [4.69, 9.17) is 4.74 Å². The highest BCUT2D eigenvalue weighted by atomic mass is 32.2. The maximum Gasteiger partial charge on any atom is 0.264 e. The third-order valence-electron chi connectivity index (χ3n) is 4.74. The molecule has 0 radical (unpaired) electrons. The summed E-state index contributed by atoms with van der Waals surface area (Å²) in [5, 5.41) is 10.6. The Hall–Kier alpha value is -3.92.